The standard InChI is InChI=1S/C7H11NO4/c9-6-8-7(5-12-6)3-10-1-2-11-4-7/h1-5H2,(H,8,9). The van der Waals surface area contributed by atoms with E-state index in [0.29, 0.717) is 33.0 Å². The van der Waals surface area contributed by atoms with Crippen LogP contribution < -0.4 is 5.32 Å². The van der Waals surface area contributed by atoms with Crippen molar-refractivity contribution in [2.75, 3.05) is 33.0 Å². The minimum Gasteiger partial charge on any atom is -0.447 e. The third-order valence-corrected chi connectivity index (χ3v) is 1.98. The third kappa shape index (κ3) is 1.37. The lowest BCUT2D eigenvalue weighted by Crippen LogP contribution is -2.50. The Kier molecular flexibility index (Phi) is 1.90. The Balaban J connectivity index is 2.03. The largest absolute Gasteiger partial charge is 0.447 e. The van der Waals surface area contributed by atoms with Crippen LogP contribution in [0, 0.1) is 0 Å². The van der Waals surface area contributed by atoms with Gasteiger partial charge >= 0.3 is 6.09 Å². The number of carbonyl (C=O) groups excluding carboxylic acids is 1. The van der Waals surface area contributed by atoms with Crippen LogP contribution in [0.5, 0.6) is 0 Å². The van der Waals surface area contributed by atoms with Crippen molar-refractivity contribution in [3.05, 3.63) is 0 Å². The van der Waals surface area contributed by atoms with E-state index in [1.807, 2.05) is 0 Å². The average molecular weight is 173 g/mol. The summed E-state index contributed by atoms with van der Waals surface area (Å²) in [6.07, 6.45) is -0.385. The van der Waals surface area contributed by atoms with Crippen molar-refractivity contribution in [2.45, 2.75) is 5.54 Å². The number of amides is 1. The van der Waals surface area contributed by atoms with Crippen LogP contribution in [0.2, 0.25) is 0 Å². The first kappa shape index (κ1) is 7.82. The monoisotopic (exact) mass is 173 g/mol. The molecule has 2 fully saturated rings. The number of cyclic esters (lactones) is 1. The molecule has 2 aliphatic heterocycles. The molecule has 0 unspecified atom stereocenters. The molecule has 2 rings (SSSR count). The summed E-state index contributed by atoms with van der Waals surface area (Å²) < 4.78 is 15.3. The lowest BCUT2D eigenvalue weighted by molar-refractivity contribution is 0.0874. The Morgan fingerprint density at radius 1 is 1.17 bits per heavy atom. The van der Waals surface area contributed by atoms with E-state index < -0.39 is 5.54 Å². The van der Waals surface area contributed by atoms with Crippen molar-refractivity contribution in [2.24, 2.45) is 0 Å². The van der Waals surface area contributed by atoms with E-state index in [-0.39, 0.29) is 6.09 Å². The molecule has 0 aromatic rings. The van der Waals surface area contributed by atoms with Crippen LogP contribution in [0.4, 0.5) is 4.79 Å². The summed E-state index contributed by atoms with van der Waals surface area (Å²) in [4.78, 5) is 10.8. The molecule has 5 nitrogen and oxygen atoms in total. The smallest absolute Gasteiger partial charge is 0.407 e. The minimum atomic E-state index is -0.437. The van der Waals surface area contributed by atoms with Crippen LogP contribution >= 0.6 is 0 Å². The molecular formula is C7H11NO4. The Bertz CT molecular complexity index is 186. The molecule has 0 aromatic heterocycles. The highest BCUT2D eigenvalue weighted by Gasteiger charge is 2.41. The second-order valence-electron chi connectivity index (χ2n) is 3.09. The van der Waals surface area contributed by atoms with Gasteiger partial charge < -0.3 is 19.5 Å². The van der Waals surface area contributed by atoms with Crippen molar-refractivity contribution in [1.82, 2.24) is 5.32 Å². The molecule has 2 aliphatic rings. The second kappa shape index (κ2) is 2.91. The summed E-state index contributed by atoms with van der Waals surface area (Å²) in [7, 11) is 0. The zero-order chi connectivity index (χ0) is 8.44. The van der Waals surface area contributed by atoms with E-state index in [9.17, 15) is 4.79 Å². The SMILES string of the molecule is O=C1NC2(COCCOC2)CO1. The van der Waals surface area contributed by atoms with Gasteiger partial charge in [0, 0.05) is 0 Å². The zero-order valence-corrected chi connectivity index (χ0v) is 6.67. The van der Waals surface area contributed by atoms with E-state index in [2.05, 4.69) is 5.32 Å². The van der Waals surface area contributed by atoms with E-state index in [1.54, 1.807) is 0 Å². The number of ether oxygens (including phenoxy) is 3. The van der Waals surface area contributed by atoms with Gasteiger partial charge in [-0.2, -0.15) is 0 Å². The van der Waals surface area contributed by atoms with E-state index in [4.69, 9.17) is 14.2 Å². The molecule has 0 aliphatic carbocycles. The average Bonchev–Trinajstić information content (AvgIpc) is 2.30. The van der Waals surface area contributed by atoms with Crippen molar-refractivity contribution >= 4 is 6.09 Å². The maximum Gasteiger partial charge on any atom is 0.407 e. The maximum absolute atomic E-state index is 10.8. The van der Waals surface area contributed by atoms with Crippen LogP contribution in [-0.2, 0) is 14.2 Å². The highest BCUT2D eigenvalue weighted by Crippen LogP contribution is 2.16. The Hall–Kier alpha value is -0.810. The van der Waals surface area contributed by atoms with Crippen LogP contribution in [0.1, 0.15) is 0 Å². The van der Waals surface area contributed by atoms with Crippen LogP contribution in [-0.4, -0.2) is 44.7 Å². The molecule has 5 heteroatoms. The Morgan fingerprint density at radius 3 is 2.33 bits per heavy atom. The van der Waals surface area contributed by atoms with Crippen LogP contribution in [0.15, 0.2) is 0 Å². The Morgan fingerprint density at radius 2 is 1.83 bits per heavy atom. The predicted octanol–water partition coefficient (Wildman–Crippen LogP) is -0.488. The van der Waals surface area contributed by atoms with Gasteiger partial charge in [0.05, 0.1) is 26.4 Å². The molecule has 1 amide bonds. The number of alkyl carbamates (subject to hydrolysis) is 1. The predicted molar refractivity (Wildman–Crippen MR) is 38.9 cm³/mol. The number of hydrogen-bond donors (Lipinski definition) is 1. The lowest BCUT2D eigenvalue weighted by Gasteiger charge is -2.22. The first-order valence-corrected chi connectivity index (χ1v) is 3.91. The summed E-state index contributed by atoms with van der Waals surface area (Å²) in [5.41, 5.74) is -0.437. The summed E-state index contributed by atoms with van der Waals surface area (Å²) in [5, 5.41) is 2.70. The summed E-state index contributed by atoms with van der Waals surface area (Å²) in [6.45, 7) is 2.44. The van der Waals surface area contributed by atoms with E-state index >= 15 is 0 Å². The molecule has 0 aromatic carbocycles. The van der Waals surface area contributed by atoms with Crippen molar-refractivity contribution < 1.29 is 19.0 Å². The normalized spacial score (nSPS) is 27.8. The van der Waals surface area contributed by atoms with Gasteiger partial charge in [-0.15, -0.1) is 0 Å². The second-order valence-corrected chi connectivity index (χ2v) is 3.09. The molecule has 0 bridgehead atoms. The van der Waals surface area contributed by atoms with E-state index in [0.717, 1.165) is 0 Å². The van der Waals surface area contributed by atoms with Crippen molar-refractivity contribution in [3.8, 4) is 0 Å². The fraction of sp³-hybridized carbons (Fsp3) is 0.857. The molecule has 1 spiro atoms. The van der Waals surface area contributed by atoms with E-state index in [1.165, 1.54) is 0 Å². The molecule has 0 atom stereocenters. The third-order valence-electron chi connectivity index (χ3n) is 1.98. The fourth-order valence-corrected chi connectivity index (χ4v) is 1.34. The van der Waals surface area contributed by atoms with Crippen LogP contribution in [0.25, 0.3) is 0 Å². The van der Waals surface area contributed by atoms with Crippen molar-refractivity contribution in [3.63, 3.8) is 0 Å². The van der Waals surface area contributed by atoms with Gasteiger partial charge in [-0.3, -0.25) is 0 Å². The number of nitrogens with one attached hydrogen (secondary N) is 1. The number of hydrogen-bond acceptors (Lipinski definition) is 4. The molecule has 2 heterocycles. The minimum absolute atomic E-state index is 0.339. The topological polar surface area (TPSA) is 56.8 Å². The first-order valence-electron chi connectivity index (χ1n) is 3.91. The zero-order valence-electron chi connectivity index (χ0n) is 6.67. The molecular weight excluding hydrogens is 162 g/mol. The van der Waals surface area contributed by atoms with Gasteiger partial charge in [-0.05, 0) is 0 Å². The number of rotatable bonds is 0. The lowest BCUT2D eigenvalue weighted by atomic mass is 10.1. The van der Waals surface area contributed by atoms with Gasteiger partial charge in [-0.25, -0.2) is 4.79 Å². The van der Waals surface area contributed by atoms with Gasteiger partial charge in [0.2, 0.25) is 0 Å². The molecule has 1 N–H and O–H groups in total. The molecule has 0 radical (unpaired) electrons. The van der Waals surface area contributed by atoms with Gasteiger partial charge in [0.25, 0.3) is 0 Å². The highest BCUT2D eigenvalue weighted by atomic mass is 16.6. The molecule has 68 valence electrons. The summed E-state index contributed by atoms with van der Waals surface area (Å²) >= 11 is 0. The first-order chi connectivity index (χ1) is 5.81. The highest BCUT2D eigenvalue weighted by molar-refractivity contribution is 5.70. The van der Waals surface area contributed by atoms with Gasteiger partial charge in [0.1, 0.15) is 12.1 Å². The quantitative estimate of drug-likeness (QED) is 0.537. The van der Waals surface area contributed by atoms with Crippen molar-refractivity contribution in [1.29, 1.82) is 0 Å². The van der Waals surface area contributed by atoms with Crippen LogP contribution in [0.3, 0.4) is 0 Å². The van der Waals surface area contributed by atoms with Gasteiger partial charge in [0.15, 0.2) is 0 Å². The molecule has 0 saturated carbocycles. The Labute approximate surface area is 70.0 Å². The molecule has 2 saturated heterocycles. The van der Waals surface area contributed by atoms with Gasteiger partial charge in [-0.1, -0.05) is 0 Å². The molecule has 12 heavy (non-hydrogen) atoms. The fourth-order valence-electron chi connectivity index (χ4n) is 1.34. The summed E-state index contributed by atoms with van der Waals surface area (Å²) in [5.74, 6) is 0. The maximum atomic E-state index is 10.8. The number of carbonyl (C=O) groups is 1. The summed E-state index contributed by atoms with van der Waals surface area (Å²) in [6, 6.07) is 0.